The molecule has 0 aliphatic rings. The van der Waals surface area contributed by atoms with Gasteiger partial charge in [-0.25, -0.2) is 0 Å². The third-order valence-corrected chi connectivity index (χ3v) is 4.63. The number of anilines is 6. The van der Waals surface area contributed by atoms with Gasteiger partial charge < -0.3 is 33.6 Å². The molecule has 0 aliphatic carbocycles. The second kappa shape index (κ2) is 11.1. The molecule has 0 fully saturated rings. The number of nitrogens with one attached hydrogen (secondary N) is 2. The monoisotopic (exact) mass is 454 g/mol. The van der Waals surface area contributed by atoms with Crippen molar-refractivity contribution in [2.75, 3.05) is 33.6 Å². The summed E-state index contributed by atoms with van der Waals surface area (Å²) in [5, 5.41) is 5.52. The SMILES string of the molecule is Nc1ccc(NC(=O)c2ccc(N)cc2)cc1.Nc1cccc(NC(=O)c2cccc(N)c2)c1. The molecule has 0 unspecified atom stereocenters. The number of hydrogen-bond donors (Lipinski definition) is 6. The molecule has 4 rings (SSSR count). The molecule has 0 aliphatic heterocycles. The first-order valence-corrected chi connectivity index (χ1v) is 10.3. The third kappa shape index (κ3) is 7.03. The Morgan fingerprint density at radius 2 is 0.971 bits per heavy atom. The predicted molar refractivity (Wildman–Crippen MR) is 139 cm³/mol. The zero-order chi connectivity index (χ0) is 24.5. The Morgan fingerprint density at radius 3 is 1.56 bits per heavy atom. The first-order chi connectivity index (χ1) is 16.3. The van der Waals surface area contributed by atoms with E-state index in [1.165, 1.54) is 0 Å². The van der Waals surface area contributed by atoms with Gasteiger partial charge in [-0.15, -0.1) is 0 Å². The van der Waals surface area contributed by atoms with Gasteiger partial charge in [-0.3, -0.25) is 9.59 Å². The van der Waals surface area contributed by atoms with Crippen LogP contribution in [0.5, 0.6) is 0 Å². The van der Waals surface area contributed by atoms with Gasteiger partial charge >= 0.3 is 0 Å². The molecule has 0 spiro atoms. The summed E-state index contributed by atoms with van der Waals surface area (Å²) >= 11 is 0. The van der Waals surface area contributed by atoms with E-state index in [1.54, 1.807) is 97.1 Å². The lowest BCUT2D eigenvalue weighted by Gasteiger charge is -2.06. The summed E-state index contributed by atoms with van der Waals surface area (Å²) in [5.74, 6) is -0.377. The Bertz CT molecular complexity index is 1270. The first kappa shape index (κ1) is 23.7. The van der Waals surface area contributed by atoms with Crippen LogP contribution in [0.15, 0.2) is 97.1 Å². The number of amides is 2. The Kier molecular flexibility index (Phi) is 7.70. The average Bonchev–Trinajstić information content (AvgIpc) is 2.81. The van der Waals surface area contributed by atoms with Crippen LogP contribution >= 0.6 is 0 Å². The van der Waals surface area contributed by atoms with E-state index in [1.807, 2.05) is 0 Å². The van der Waals surface area contributed by atoms with Gasteiger partial charge in [0.1, 0.15) is 0 Å². The molecule has 8 nitrogen and oxygen atoms in total. The minimum Gasteiger partial charge on any atom is -0.399 e. The number of carbonyl (C=O) groups excluding carboxylic acids is 2. The largest absolute Gasteiger partial charge is 0.399 e. The molecule has 0 heterocycles. The predicted octanol–water partition coefficient (Wildman–Crippen LogP) is 4.21. The summed E-state index contributed by atoms with van der Waals surface area (Å²) in [4.78, 5) is 23.7. The number of carbonyl (C=O) groups is 2. The highest BCUT2D eigenvalue weighted by Crippen LogP contribution is 2.15. The molecule has 0 saturated carbocycles. The molecule has 2 amide bonds. The van der Waals surface area contributed by atoms with Crippen molar-refractivity contribution in [3.63, 3.8) is 0 Å². The second-order valence-electron chi connectivity index (χ2n) is 7.40. The van der Waals surface area contributed by atoms with Crippen molar-refractivity contribution in [3.05, 3.63) is 108 Å². The zero-order valence-electron chi connectivity index (χ0n) is 18.4. The standard InChI is InChI=1S/2C13H13N3O/c14-10-3-1-9(2-4-10)13(17)16-12-7-5-11(15)6-8-12;14-10-4-1-3-9(7-10)13(17)16-12-6-2-5-11(15)8-12/h2*1-8H,14-15H2,(H,16,17). The highest BCUT2D eigenvalue weighted by Gasteiger charge is 2.06. The van der Waals surface area contributed by atoms with Crippen molar-refractivity contribution in [2.24, 2.45) is 0 Å². The molecule has 0 atom stereocenters. The van der Waals surface area contributed by atoms with Gasteiger partial charge in [0.05, 0.1) is 0 Å². The van der Waals surface area contributed by atoms with Crippen LogP contribution in [0.2, 0.25) is 0 Å². The van der Waals surface area contributed by atoms with Crippen molar-refractivity contribution in [1.29, 1.82) is 0 Å². The molecule has 0 aromatic heterocycles. The maximum Gasteiger partial charge on any atom is 0.255 e. The van der Waals surface area contributed by atoms with Crippen LogP contribution in [-0.2, 0) is 0 Å². The molecular formula is C26H26N6O2. The molecule has 34 heavy (non-hydrogen) atoms. The van der Waals surface area contributed by atoms with Gasteiger partial charge in [0.25, 0.3) is 11.8 Å². The Morgan fingerprint density at radius 1 is 0.471 bits per heavy atom. The minimum absolute atomic E-state index is 0.172. The number of rotatable bonds is 4. The van der Waals surface area contributed by atoms with E-state index in [0.717, 1.165) is 0 Å². The highest BCUT2D eigenvalue weighted by molar-refractivity contribution is 6.05. The van der Waals surface area contributed by atoms with E-state index in [2.05, 4.69) is 10.6 Å². The van der Waals surface area contributed by atoms with E-state index in [0.29, 0.717) is 45.3 Å². The summed E-state index contributed by atoms with van der Waals surface area (Å²) < 4.78 is 0. The summed E-state index contributed by atoms with van der Waals surface area (Å²) in [6.45, 7) is 0. The van der Waals surface area contributed by atoms with Crippen molar-refractivity contribution >= 4 is 45.9 Å². The van der Waals surface area contributed by atoms with Crippen LogP contribution in [0.4, 0.5) is 34.1 Å². The van der Waals surface area contributed by atoms with Crippen LogP contribution < -0.4 is 33.6 Å². The fourth-order valence-electron chi connectivity index (χ4n) is 2.90. The van der Waals surface area contributed by atoms with E-state index < -0.39 is 0 Å². The van der Waals surface area contributed by atoms with Gasteiger partial charge in [0.2, 0.25) is 0 Å². The lowest BCUT2D eigenvalue weighted by atomic mass is 10.2. The van der Waals surface area contributed by atoms with Gasteiger partial charge in [-0.05, 0) is 84.9 Å². The van der Waals surface area contributed by atoms with E-state index in [9.17, 15) is 9.59 Å². The van der Waals surface area contributed by atoms with Gasteiger partial charge in [-0.1, -0.05) is 12.1 Å². The van der Waals surface area contributed by atoms with Crippen molar-refractivity contribution < 1.29 is 9.59 Å². The number of nitrogen functional groups attached to an aromatic ring is 4. The van der Waals surface area contributed by atoms with E-state index in [-0.39, 0.29) is 11.8 Å². The lowest BCUT2D eigenvalue weighted by molar-refractivity contribution is 0.101. The molecular weight excluding hydrogens is 428 g/mol. The second-order valence-corrected chi connectivity index (χ2v) is 7.40. The van der Waals surface area contributed by atoms with E-state index >= 15 is 0 Å². The fraction of sp³-hybridized carbons (Fsp3) is 0. The molecule has 0 radical (unpaired) electrons. The summed E-state index contributed by atoms with van der Waals surface area (Å²) in [6, 6.07) is 27.6. The maximum atomic E-state index is 11.9. The molecule has 8 heteroatoms. The minimum atomic E-state index is -0.206. The van der Waals surface area contributed by atoms with Crippen LogP contribution in [0.3, 0.4) is 0 Å². The van der Waals surface area contributed by atoms with Crippen molar-refractivity contribution in [1.82, 2.24) is 0 Å². The summed E-state index contributed by atoms with van der Waals surface area (Å²) in [6.07, 6.45) is 0. The third-order valence-electron chi connectivity index (χ3n) is 4.63. The zero-order valence-corrected chi connectivity index (χ0v) is 18.4. The summed E-state index contributed by atoms with van der Waals surface area (Å²) in [5.41, 5.74) is 27.3. The van der Waals surface area contributed by atoms with Gasteiger partial charge in [0, 0.05) is 45.3 Å². The number of benzene rings is 4. The molecule has 4 aromatic rings. The Hall–Kier alpha value is -4.98. The first-order valence-electron chi connectivity index (χ1n) is 10.3. The topological polar surface area (TPSA) is 162 Å². The summed E-state index contributed by atoms with van der Waals surface area (Å²) in [7, 11) is 0. The van der Waals surface area contributed by atoms with E-state index in [4.69, 9.17) is 22.9 Å². The molecule has 172 valence electrons. The fourth-order valence-corrected chi connectivity index (χ4v) is 2.90. The van der Waals surface area contributed by atoms with Gasteiger partial charge in [-0.2, -0.15) is 0 Å². The normalized spacial score (nSPS) is 9.88. The average molecular weight is 455 g/mol. The van der Waals surface area contributed by atoms with Crippen molar-refractivity contribution in [2.45, 2.75) is 0 Å². The molecule has 10 N–H and O–H groups in total. The van der Waals surface area contributed by atoms with Gasteiger partial charge in [0.15, 0.2) is 0 Å². The number of hydrogen-bond acceptors (Lipinski definition) is 6. The Balaban J connectivity index is 0.000000191. The van der Waals surface area contributed by atoms with Crippen LogP contribution in [0.1, 0.15) is 20.7 Å². The van der Waals surface area contributed by atoms with Crippen LogP contribution in [-0.4, -0.2) is 11.8 Å². The quantitative estimate of drug-likeness (QED) is 0.253. The number of nitrogens with two attached hydrogens (primary N) is 4. The van der Waals surface area contributed by atoms with Crippen molar-refractivity contribution in [3.8, 4) is 0 Å². The highest BCUT2D eigenvalue weighted by atomic mass is 16.2. The molecule has 0 bridgehead atoms. The van der Waals surface area contributed by atoms with Crippen LogP contribution in [0.25, 0.3) is 0 Å². The Labute approximate surface area is 197 Å². The smallest absolute Gasteiger partial charge is 0.255 e. The lowest BCUT2D eigenvalue weighted by Crippen LogP contribution is -2.12. The maximum absolute atomic E-state index is 11.9. The molecule has 4 aromatic carbocycles. The molecule has 0 saturated heterocycles. The van der Waals surface area contributed by atoms with Crippen LogP contribution in [0, 0.1) is 0 Å².